The highest BCUT2D eigenvalue weighted by Crippen LogP contribution is 2.25. The molecule has 0 spiro atoms. The molecule has 0 aromatic heterocycles. The lowest BCUT2D eigenvalue weighted by Gasteiger charge is -2.32. The molecule has 1 heterocycles. The van der Waals surface area contributed by atoms with Crippen molar-refractivity contribution in [3.05, 3.63) is 28.8 Å². The van der Waals surface area contributed by atoms with E-state index in [4.69, 9.17) is 11.6 Å². The lowest BCUT2D eigenvalue weighted by molar-refractivity contribution is -0.120. The molecule has 0 bridgehead atoms. The lowest BCUT2D eigenvalue weighted by Crippen LogP contribution is -2.47. The third-order valence-corrected chi connectivity index (χ3v) is 6.38. The van der Waals surface area contributed by atoms with Crippen LogP contribution in [0.2, 0.25) is 5.02 Å². The Labute approximate surface area is 142 Å². The van der Waals surface area contributed by atoms with Crippen molar-refractivity contribution in [1.29, 1.82) is 0 Å². The van der Waals surface area contributed by atoms with Crippen LogP contribution in [0.15, 0.2) is 18.2 Å². The molecular weight excluding hydrogens is 338 g/mol. The molecule has 23 heavy (non-hydrogen) atoms. The van der Waals surface area contributed by atoms with Gasteiger partial charge in [0.05, 0.1) is 5.92 Å². The number of rotatable bonds is 4. The second-order valence-corrected chi connectivity index (χ2v) is 8.44. The minimum absolute atomic E-state index is 0.172. The molecular formula is C15H22ClN3O3S. The summed E-state index contributed by atoms with van der Waals surface area (Å²) >= 11 is 6.06. The molecule has 6 nitrogen and oxygen atoms in total. The predicted octanol–water partition coefficient (Wildman–Crippen LogP) is 2.11. The van der Waals surface area contributed by atoms with Gasteiger partial charge in [0.15, 0.2) is 0 Å². The molecule has 1 fully saturated rings. The van der Waals surface area contributed by atoms with E-state index in [0.29, 0.717) is 30.1 Å². The van der Waals surface area contributed by atoms with Crippen LogP contribution in [0.5, 0.6) is 0 Å². The monoisotopic (exact) mass is 359 g/mol. The molecule has 1 aromatic rings. The lowest BCUT2D eigenvalue weighted by atomic mass is 9.98. The van der Waals surface area contributed by atoms with Crippen LogP contribution < -0.4 is 5.32 Å². The molecule has 1 atom stereocenters. The predicted molar refractivity (Wildman–Crippen MR) is 91.7 cm³/mol. The van der Waals surface area contributed by atoms with Crippen LogP contribution in [-0.4, -0.2) is 50.1 Å². The molecule has 1 aliphatic heterocycles. The molecule has 0 radical (unpaired) electrons. The summed E-state index contributed by atoms with van der Waals surface area (Å²) in [5.41, 5.74) is 1.46. The van der Waals surface area contributed by atoms with Gasteiger partial charge < -0.3 is 5.32 Å². The number of piperidine rings is 1. The van der Waals surface area contributed by atoms with Gasteiger partial charge in [0.1, 0.15) is 0 Å². The number of halogens is 1. The third-order valence-electron chi connectivity index (χ3n) is 4.07. The summed E-state index contributed by atoms with van der Waals surface area (Å²) in [6.07, 6.45) is 1.34. The van der Waals surface area contributed by atoms with Gasteiger partial charge in [0.25, 0.3) is 10.2 Å². The number of nitrogens with one attached hydrogen (secondary N) is 1. The van der Waals surface area contributed by atoms with Gasteiger partial charge in [-0.1, -0.05) is 17.7 Å². The summed E-state index contributed by atoms with van der Waals surface area (Å²) in [5.74, 6) is -0.536. The minimum atomic E-state index is -3.49. The van der Waals surface area contributed by atoms with E-state index in [1.165, 1.54) is 22.7 Å². The van der Waals surface area contributed by atoms with E-state index in [9.17, 15) is 13.2 Å². The van der Waals surface area contributed by atoms with Crippen molar-refractivity contribution in [2.24, 2.45) is 5.92 Å². The Kier molecular flexibility index (Phi) is 5.67. The van der Waals surface area contributed by atoms with Crippen molar-refractivity contribution in [2.45, 2.75) is 19.8 Å². The van der Waals surface area contributed by atoms with Crippen molar-refractivity contribution in [2.75, 3.05) is 32.5 Å². The molecule has 2 rings (SSSR count). The summed E-state index contributed by atoms with van der Waals surface area (Å²) in [6, 6.07) is 5.32. The average molecular weight is 360 g/mol. The maximum Gasteiger partial charge on any atom is 0.281 e. The van der Waals surface area contributed by atoms with Crippen LogP contribution >= 0.6 is 11.6 Å². The van der Waals surface area contributed by atoms with Gasteiger partial charge >= 0.3 is 0 Å². The zero-order valence-corrected chi connectivity index (χ0v) is 15.1. The number of benzene rings is 1. The van der Waals surface area contributed by atoms with Crippen molar-refractivity contribution in [1.82, 2.24) is 8.61 Å². The quantitative estimate of drug-likeness (QED) is 0.895. The highest BCUT2D eigenvalue weighted by atomic mass is 35.5. The Morgan fingerprint density at radius 2 is 2.09 bits per heavy atom. The number of amides is 1. The summed E-state index contributed by atoms with van der Waals surface area (Å²) < 4.78 is 27.0. The Morgan fingerprint density at radius 3 is 2.74 bits per heavy atom. The maximum atomic E-state index is 12.5. The third kappa shape index (κ3) is 4.03. The van der Waals surface area contributed by atoms with E-state index in [-0.39, 0.29) is 18.4 Å². The topological polar surface area (TPSA) is 69.7 Å². The van der Waals surface area contributed by atoms with E-state index in [1.807, 2.05) is 6.92 Å². The highest BCUT2D eigenvalue weighted by Gasteiger charge is 2.33. The number of nitrogens with zero attached hydrogens (tertiary/aromatic N) is 2. The first-order valence-corrected chi connectivity index (χ1v) is 9.24. The van der Waals surface area contributed by atoms with Gasteiger partial charge in [-0.2, -0.15) is 17.0 Å². The number of hydrogen-bond donors (Lipinski definition) is 1. The molecule has 0 aliphatic carbocycles. The second kappa shape index (κ2) is 7.17. The van der Waals surface area contributed by atoms with E-state index in [2.05, 4.69) is 5.32 Å². The van der Waals surface area contributed by atoms with Gasteiger partial charge in [0.2, 0.25) is 5.91 Å². The van der Waals surface area contributed by atoms with Gasteiger partial charge in [0, 0.05) is 37.9 Å². The SMILES string of the molecule is Cc1c(Cl)cccc1NC(=O)[C@H]1CCCN(S(=O)(=O)N(C)C)C1. The molecule has 1 aliphatic rings. The zero-order chi connectivity index (χ0) is 17.2. The summed E-state index contributed by atoms with van der Waals surface area (Å²) in [7, 11) is -0.500. The Bertz CT molecular complexity index is 691. The number of carbonyl (C=O) groups excluding carboxylic acids is 1. The first kappa shape index (κ1) is 18.2. The molecule has 1 amide bonds. The molecule has 0 unspecified atom stereocenters. The molecule has 8 heteroatoms. The van der Waals surface area contributed by atoms with Gasteiger partial charge in [-0.25, -0.2) is 0 Å². The Hall–Kier alpha value is -1.15. The second-order valence-electron chi connectivity index (χ2n) is 5.89. The van der Waals surface area contributed by atoms with Gasteiger partial charge in [-0.3, -0.25) is 4.79 Å². The summed E-state index contributed by atoms with van der Waals surface area (Å²) in [4.78, 5) is 12.5. The van der Waals surface area contributed by atoms with Crippen LogP contribution in [-0.2, 0) is 15.0 Å². The van der Waals surface area contributed by atoms with Crippen LogP contribution in [0.4, 0.5) is 5.69 Å². The van der Waals surface area contributed by atoms with Crippen molar-refractivity contribution >= 4 is 33.4 Å². The van der Waals surface area contributed by atoms with Crippen molar-refractivity contribution in [3.8, 4) is 0 Å². The molecule has 1 N–H and O–H groups in total. The van der Waals surface area contributed by atoms with Gasteiger partial charge in [-0.05, 0) is 37.5 Å². The van der Waals surface area contributed by atoms with E-state index >= 15 is 0 Å². The number of carbonyl (C=O) groups is 1. The smallest absolute Gasteiger partial charge is 0.281 e. The summed E-state index contributed by atoms with van der Waals surface area (Å²) in [6.45, 7) is 2.48. The van der Waals surface area contributed by atoms with Crippen LogP contribution in [0.1, 0.15) is 18.4 Å². The first-order chi connectivity index (χ1) is 10.7. The average Bonchev–Trinajstić information content (AvgIpc) is 2.51. The standard InChI is InChI=1S/C15H22ClN3O3S/c1-11-13(16)7-4-8-14(11)17-15(20)12-6-5-9-19(10-12)23(21,22)18(2)3/h4,7-8,12H,5-6,9-10H2,1-3H3,(H,17,20)/t12-/m0/s1. The largest absolute Gasteiger partial charge is 0.326 e. The maximum absolute atomic E-state index is 12.5. The van der Waals surface area contributed by atoms with E-state index < -0.39 is 10.2 Å². The minimum Gasteiger partial charge on any atom is -0.326 e. The fourth-order valence-electron chi connectivity index (χ4n) is 2.57. The highest BCUT2D eigenvalue weighted by molar-refractivity contribution is 7.86. The zero-order valence-electron chi connectivity index (χ0n) is 13.5. The molecule has 1 aromatic carbocycles. The fraction of sp³-hybridized carbons (Fsp3) is 0.533. The van der Waals surface area contributed by atoms with E-state index in [1.54, 1.807) is 18.2 Å². The Morgan fingerprint density at radius 1 is 1.39 bits per heavy atom. The number of hydrogen-bond acceptors (Lipinski definition) is 3. The van der Waals surface area contributed by atoms with Crippen molar-refractivity contribution in [3.63, 3.8) is 0 Å². The molecule has 0 saturated carbocycles. The normalized spacial score (nSPS) is 19.8. The van der Waals surface area contributed by atoms with Crippen LogP contribution in [0, 0.1) is 12.8 Å². The fourth-order valence-corrected chi connectivity index (χ4v) is 3.94. The van der Waals surface area contributed by atoms with Crippen LogP contribution in [0.25, 0.3) is 0 Å². The van der Waals surface area contributed by atoms with E-state index in [0.717, 1.165) is 5.56 Å². The van der Waals surface area contributed by atoms with Crippen LogP contribution in [0.3, 0.4) is 0 Å². The summed E-state index contributed by atoms with van der Waals surface area (Å²) in [5, 5.41) is 3.45. The number of anilines is 1. The molecule has 128 valence electrons. The Balaban J connectivity index is 2.09. The van der Waals surface area contributed by atoms with Crippen molar-refractivity contribution < 1.29 is 13.2 Å². The molecule has 1 saturated heterocycles. The van der Waals surface area contributed by atoms with Gasteiger partial charge in [-0.15, -0.1) is 0 Å². The first-order valence-electron chi connectivity index (χ1n) is 7.47.